The van der Waals surface area contributed by atoms with E-state index in [-0.39, 0.29) is 5.84 Å². The zero-order valence-corrected chi connectivity index (χ0v) is 7.72. The van der Waals surface area contributed by atoms with E-state index in [4.69, 9.17) is 10.9 Å². The highest BCUT2D eigenvalue weighted by Crippen LogP contribution is 2.11. The monoisotopic (exact) mass is 210 g/mol. The fraction of sp³-hybridized carbons (Fsp3) is 0. The summed E-state index contributed by atoms with van der Waals surface area (Å²) < 4.78 is 1.59. The number of rotatable bonds is 2. The highest BCUT2D eigenvalue weighted by molar-refractivity contribution is 7.11. The molecule has 0 radical (unpaired) electrons. The number of amidine groups is 1. The lowest BCUT2D eigenvalue weighted by Crippen LogP contribution is -2.18. The lowest BCUT2D eigenvalue weighted by Gasteiger charge is -2.00. The van der Waals surface area contributed by atoms with E-state index in [9.17, 15) is 0 Å². The number of oxime groups is 1. The molecule has 0 saturated carbocycles. The lowest BCUT2D eigenvalue weighted by molar-refractivity contribution is 0.318. The van der Waals surface area contributed by atoms with E-state index in [1.54, 1.807) is 16.3 Å². The molecule has 0 aliphatic carbocycles. The first-order valence-electron chi connectivity index (χ1n) is 3.60. The number of imidazole rings is 1. The van der Waals surface area contributed by atoms with Crippen LogP contribution in [0, 0.1) is 0 Å². The zero-order valence-electron chi connectivity index (χ0n) is 6.90. The van der Waals surface area contributed by atoms with Crippen molar-refractivity contribution in [2.45, 2.75) is 0 Å². The maximum Gasteiger partial charge on any atom is 0.217 e. The largest absolute Gasteiger partial charge is 0.409 e. The second-order valence-corrected chi connectivity index (χ2v) is 3.14. The molecular weight excluding hydrogens is 204 g/mol. The molecule has 0 aliphatic rings. The molecule has 0 unspecified atom stereocenters. The molecule has 2 aromatic heterocycles. The van der Waals surface area contributed by atoms with Crippen molar-refractivity contribution in [1.29, 1.82) is 0 Å². The minimum Gasteiger partial charge on any atom is -0.409 e. The van der Waals surface area contributed by atoms with Crippen LogP contribution in [0.2, 0.25) is 0 Å². The zero-order chi connectivity index (χ0) is 9.97. The molecule has 2 heterocycles. The Morgan fingerprint density at radius 2 is 2.50 bits per heavy atom. The predicted molar refractivity (Wildman–Crippen MR) is 49.5 cm³/mol. The summed E-state index contributed by atoms with van der Waals surface area (Å²) in [6.07, 6.45) is 3.20. The second-order valence-electron chi connectivity index (χ2n) is 2.33. The molecule has 8 heteroatoms. The van der Waals surface area contributed by atoms with Crippen LogP contribution >= 0.6 is 11.3 Å². The Hall–Kier alpha value is -1.96. The van der Waals surface area contributed by atoms with Gasteiger partial charge >= 0.3 is 0 Å². The normalized spacial score (nSPS) is 11.9. The van der Waals surface area contributed by atoms with Crippen LogP contribution in [0.15, 0.2) is 23.1 Å². The molecule has 0 fully saturated rings. The van der Waals surface area contributed by atoms with E-state index < -0.39 is 0 Å². The van der Waals surface area contributed by atoms with Crippen LogP contribution in [-0.4, -0.2) is 30.8 Å². The van der Waals surface area contributed by atoms with Crippen molar-refractivity contribution in [3.63, 3.8) is 0 Å². The molecule has 14 heavy (non-hydrogen) atoms. The second kappa shape index (κ2) is 3.42. The van der Waals surface area contributed by atoms with Crippen molar-refractivity contribution in [2.75, 3.05) is 0 Å². The van der Waals surface area contributed by atoms with Crippen LogP contribution in [0.25, 0.3) is 5.13 Å². The highest BCUT2D eigenvalue weighted by Gasteiger charge is 2.10. The van der Waals surface area contributed by atoms with Gasteiger partial charge in [-0.1, -0.05) is 16.5 Å². The summed E-state index contributed by atoms with van der Waals surface area (Å²) in [6.45, 7) is 0. The van der Waals surface area contributed by atoms with Crippen LogP contribution in [-0.2, 0) is 0 Å². The van der Waals surface area contributed by atoms with Crippen LogP contribution < -0.4 is 5.73 Å². The lowest BCUT2D eigenvalue weighted by atomic mass is 10.5. The van der Waals surface area contributed by atoms with Gasteiger partial charge in [0.1, 0.15) is 5.51 Å². The Balaban J connectivity index is 2.50. The quantitative estimate of drug-likeness (QED) is 0.310. The van der Waals surface area contributed by atoms with Gasteiger partial charge in [-0.05, 0) is 0 Å². The average Bonchev–Trinajstić information content (AvgIpc) is 2.85. The molecule has 0 atom stereocenters. The summed E-state index contributed by atoms with van der Waals surface area (Å²) in [5, 5.41) is 19.5. The van der Waals surface area contributed by atoms with E-state index in [0.29, 0.717) is 11.0 Å². The van der Waals surface area contributed by atoms with Gasteiger partial charge in [0.25, 0.3) is 0 Å². The Morgan fingerprint density at radius 3 is 3.14 bits per heavy atom. The summed E-state index contributed by atoms with van der Waals surface area (Å²) in [5.74, 6) is 0.273. The first-order chi connectivity index (χ1) is 6.83. The van der Waals surface area contributed by atoms with Gasteiger partial charge in [0.15, 0.2) is 5.82 Å². The first kappa shape index (κ1) is 8.63. The number of hydrogen-bond donors (Lipinski definition) is 2. The highest BCUT2D eigenvalue weighted by atomic mass is 32.1. The van der Waals surface area contributed by atoms with Crippen molar-refractivity contribution in [3.8, 4) is 5.13 Å². The van der Waals surface area contributed by atoms with Gasteiger partial charge in [-0.3, -0.25) is 4.57 Å². The summed E-state index contributed by atoms with van der Waals surface area (Å²) in [5.41, 5.74) is 7.01. The molecule has 0 amide bonds. The van der Waals surface area contributed by atoms with Gasteiger partial charge in [-0.25, -0.2) is 4.98 Å². The minimum atomic E-state index is -0.0646. The van der Waals surface area contributed by atoms with Crippen LogP contribution in [0.1, 0.15) is 5.82 Å². The van der Waals surface area contributed by atoms with Gasteiger partial charge in [-0.2, -0.15) is 0 Å². The van der Waals surface area contributed by atoms with Gasteiger partial charge in [0.05, 0.1) is 0 Å². The van der Waals surface area contributed by atoms with E-state index >= 15 is 0 Å². The Labute approximate surface area is 82.5 Å². The van der Waals surface area contributed by atoms with Gasteiger partial charge in [0.2, 0.25) is 11.0 Å². The number of aromatic nitrogens is 4. The molecule has 2 aromatic rings. The Bertz CT molecular complexity index is 447. The van der Waals surface area contributed by atoms with Crippen LogP contribution in [0.4, 0.5) is 0 Å². The summed E-state index contributed by atoms with van der Waals surface area (Å²) >= 11 is 1.33. The van der Waals surface area contributed by atoms with Crippen molar-refractivity contribution < 1.29 is 5.21 Å². The summed E-state index contributed by atoms with van der Waals surface area (Å²) in [4.78, 5) is 3.93. The molecule has 72 valence electrons. The molecule has 0 spiro atoms. The summed E-state index contributed by atoms with van der Waals surface area (Å²) in [6, 6.07) is 0. The molecule has 2 rings (SSSR count). The van der Waals surface area contributed by atoms with Crippen LogP contribution in [0.3, 0.4) is 0 Å². The maximum atomic E-state index is 8.51. The van der Waals surface area contributed by atoms with Crippen molar-refractivity contribution in [1.82, 2.24) is 19.7 Å². The minimum absolute atomic E-state index is 0.0646. The third-order valence-electron chi connectivity index (χ3n) is 1.53. The molecule has 0 aromatic carbocycles. The van der Waals surface area contributed by atoms with Crippen molar-refractivity contribution >= 4 is 17.2 Å². The molecule has 0 bridgehead atoms. The maximum absolute atomic E-state index is 8.51. The molecule has 0 saturated heterocycles. The standard InChI is InChI=1S/C6H6N6OS/c7-4(11-13)5-8-1-2-12(5)6-10-9-3-14-6/h1-3,13H,(H2,7,11). The molecule has 7 nitrogen and oxygen atoms in total. The van der Waals surface area contributed by atoms with Crippen molar-refractivity contribution in [3.05, 3.63) is 23.7 Å². The van der Waals surface area contributed by atoms with Gasteiger partial charge < -0.3 is 10.9 Å². The fourth-order valence-corrected chi connectivity index (χ4v) is 1.51. The first-order valence-corrected chi connectivity index (χ1v) is 4.48. The molecule has 0 aliphatic heterocycles. The third-order valence-corrected chi connectivity index (χ3v) is 2.22. The number of nitrogens with two attached hydrogens (primary N) is 1. The van der Waals surface area contributed by atoms with Gasteiger partial charge in [-0.15, -0.1) is 10.2 Å². The topological polar surface area (TPSA) is 102 Å². The number of nitrogens with zero attached hydrogens (tertiary/aromatic N) is 5. The third kappa shape index (κ3) is 1.31. The SMILES string of the molecule is NC(=NO)c1nccn1-c1nncs1. The van der Waals surface area contributed by atoms with E-state index in [0.717, 1.165) is 0 Å². The predicted octanol–water partition coefficient (Wildman–Crippen LogP) is -0.182. The molecule has 3 N–H and O–H groups in total. The Kier molecular flexibility index (Phi) is 2.11. The van der Waals surface area contributed by atoms with Crippen molar-refractivity contribution in [2.24, 2.45) is 10.9 Å². The van der Waals surface area contributed by atoms with Gasteiger partial charge in [0, 0.05) is 12.4 Å². The van der Waals surface area contributed by atoms with Crippen LogP contribution in [0.5, 0.6) is 0 Å². The van der Waals surface area contributed by atoms with E-state index in [1.807, 2.05) is 0 Å². The summed E-state index contributed by atoms with van der Waals surface area (Å²) in [7, 11) is 0. The van der Waals surface area contributed by atoms with E-state index in [1.165, 1.54) is 17.5 Å². The average molecular weight is 210 g/mol. The smallest absolute Gasteiger partial charge is 0.217 e. The number of hydrogen-bond acceptors (Lipinski definition) is 6. The molecular formula is C6H6N6OS. The Morgan fingerprint density at radius 1 is 1.64 bits per heavy atom. The van der Waals surface area contributed by atoms with E-state index in [2.05, 4.69) is 20.3 Å². The fourth-order valence-electron chi connectivity index (χ4n) is 0.964.